The molecule has 9 aromatic rings. The van der Waals surface area contributed by atoms with Gasteiger partial charge in [-0.2, -0.15) is 15.3 Å². The molecule has 15 heteroatoms. The molecule has 72 heavy (non-hydrogen) atoms. The van der Waals surface area contributed by atoms with E-state index in [0.29, 0.717) is 68.5 Å². The van der Waals surface area contributed by atoms with Crippen molar-refractivity contribution in [2.24, 2.45) is 15.3 Å². The molecule has 3 N–H and O–H groups in total. The Labute approximate surface area is 415 Å². The summed E-state index contributed by atoms with van der Waals surface area (Å²) in [5, 5.41) is 11.7. The Morgan fingerprint density at radius 2 is 0.597 bits per heavy atom. The van der Waals surface area contributed by atoms with Crippen LogP contribution in [0.4, 0.5) is 0 Å². The van der Waals surface area contributed by atoms with Gasteiger partial charge in [0.15, 0.2) is 0 Å². The number of benzene rings is 6. The minimum atomic E-state index is -0.360. The van der Waals surface area contributed by atoms with Crippen molar-refractivity contribution in [2.75, 3.05) is 0 Å². The third-order valence-corrected chi connectivity index (χ3v) is 9.67. The number of hydrogen-bond acceptors (Lipinski definition) is 12. The van der Waals surface area contributed by atoms with Crippen LogP contribution in [0.2, 0.25) is 0 Å². The molecule has 3 aromatic heterocycles. The van der Waals surface area contributed by atoms with Crippen molar-refractivity contribution in [3.05, 3.63) is 251 Å². The molecule has 3 amide bonds. The summed E-state index contributed by atoms with van der Waals surface area (Å²) in [7, 11) is 0. The molecular formula is C57H48N6O9. The summed E-state index contributed by atoms with van der Waals surface area (Å²) in [6, 6.07) is 59.7. The topological polar surface area (TPSA) is 191 Å². The van der Waals surface area contributed by atoms with Crippen molar-refractivity contribution >= 4 is 36.4 Å². The van der Waals surface area contributed by atoms with Crippen LogP contribution < -0.4 is 30.5 Å². The zero-order valence-corrected chi connectivity index (χ0v) is 39.3. The van der Waals surface area contributed by atoms with Gasteiger partial charge in [-0.25, -0.2) is 16.3 Å². The highest BCUT2D eigenvalue weighted by molar-refractivity contribution is 5.98. The Bertz CT molecular complexity index is 2910. The first-order valence-electron chi connectivity index (χ1n) is 22.3. The van der Waals surface area contributed by atoms with Gasteiger partial charge in [-0.05, 0) is 130 Å². The fourth-order valence-corrected chi connectivity index (χ4v) is 6.29. The van der Waals surface area contributed by atoms with Gasteiger partial charge in [0.05, 0.1) is 35.3 Å². The van der Waals surface area contributed by atoms with Gasteiger partial charge in [0.1, 0.15) is 69.1 Å². The van der Waals surface area contributed by atoms with E-state index in [2.05, 4.69) is 31.6 Å². The summed E-state index contributed by atoms with van der Waals surface area (Å²) < 4.78 is 33.3. The first-order chi connectivity index (χ1) is 35.2. The molecule has 0 bridgehead atoms. The van der Waals surface area contributed by atoms with Crippen LogP contribution in [0.15, 0.2) is 229 Å². The molecule has 0 aliphatic carbocycles. The van der Waals surface area contributed by atoms with E-state index >= 15 is 0 Å². The fraction of sp³-hybridized carbons (Fsp3) is 0.0526. The van der Waals surface area contributed by atoms with Gasteiger partial charge in [0, 0.05) is 0 Å². The lowest BCUT2D eigenvalue weighted by Gasteiger charge is -2.09. The van der Waals surface area contributed by atoms with Crippen molar-refractivity contribution in [3.8, 4) is 34.5 Å². The van der Waals surface area contributed by atoms with E-state index in [1.54, 1.807) is 72.8 Å². The van der Waals surface area contributed by atoms with E-state index in [0.717, 1.165) is 17.3 Å². The second kappa shape index (κ2) is 25.9. The molecule has 0 aliphatic rings. The predicted molar refractivity (Wildman–Crippen MR) is 274 cm³/mol. The molecule has 360 valence electrons. The number of furan rings is 3. The van der Waals surface area contributed by atoms with E-state index in [1.807, 2.05) is 148 Å². The first-order valence-corrected chi connectivity index (χ1v) is 22.3. The molecule has 0 atom stereocenters. The summed E-state index contributed by atoms with van der Waals surface area (Å²) in [6.45, 7) is 5.52. The maximum Gasteiger partial charge on any atom is 0.275 e. The summed E-state index contributed by atoms with van der Waals surface area (Å²) in [6.07, 6.45) is 4.35. The number of ether oxygens (including phenoxy) is 3. The Hall–Kier alpha value is -10.0. The standard InChI is InChI=1S/3C19H16N2O3/c3*1-14-11-12-16(23-14)13-20-21-19(22)17-9-5-6-10-18(17)24-15-7-3-2-4-8-15/h3*2-13H,1H3,(H,21,22)/b3*20-13+. The number of nitrogens with zero attached hydrogens (tertiary/aromatic N) is 3. The maximum atomic E-state index is 12.3. The van der Waals surface area contributed by atoms with Crippen molar-refractivity contribution in [2.45, 2.75) is 20.8 Å². The largest absolute Gasteiger partial charge is 0.460 e. The summed E-state index contributed by atoms with van der Waals surface area (Å²) in [4.78, 5) is 36.9. The number of para-hydroxylation sites is 6. The smallest absolute Gasteiger partial charge is 0.275 e. The SMILES string of the molecule is Cc1ccc(/C=N/NC(=O)c2ccccc2Oc2ccccc2)o1.Cc1ccc(/C=N/NC(=O)c2ccccc2Oc2ccccc2)o1.Cc1ccc(/C=N/NC(=O)c2ccccc2Oc2ccccc2)o1. The second-order valence-electron chi connectivity index (χ2n) is 15.2. The number of rotatable bonds is 15. The van der Waals surface area contributed by atoms with Crippen molar-refractivity contribution in [1.82, 2.24) is 16.3 Å². The number of nitrogens with one attached hydrogen (secondary N) is 3. The minimum Gasteiger partial charge on any atom is -0.460 e. The molecule has 0 aliphatic heterocycles. The van der Waals surface area contributed by atoms with Crippen LogP contribution in [-0.2, 0) is 0 Å². The molecule has 0 saturated carbocycles. The van der Waals surface area contributed by atoms with Crippen LogP contribution >= 0.6 is 0 Å². The number of hydrogen-bond donors (Lipinski definition) is 3. The monoisotopic (exact) mass is 960 g/mol. The van der Waals surface area contributed by atoms with Gasteiger partial charge >= 0.3 is 0 Å². The van der Waals surface area contributed by atoms with Gasteiger partial charge in [0.2, 0.25) is 0 Å². The van der Waals surface area contributed by atoms with Gasteiger partial charge in [-0.1, -0.05) is 91.0 Å². The van der Waals surface area contributed by atoms with Crippen LogP contribution in [0, 0.1) is 20.8 Å². The molecule has 3 heterocycles. The first kappa shape index (κ1) is 49.9. The predicted octanol–water partition coefficient (Wildman–Crippen LogP) is 12.4. The van der Waals surface area contributed by atoms with Gasteiger partial charge in [-0.3, -0.25) is 14.4 Å². The van der Waals surface area contributed by atoms with Crippen molar-refractivity contribution in [3.63, 3.8) is 0 Å². The average molecular weight is 961 g/mol. The molecular weight excluding hydrogens is 913 g/mol. The average Bonchev–Trinajstić information content (AvgIpc) is 4.15. The van der Waals surface area contributed by atoms with Crippen LogP contribution in [0.3, 0.4) is 0 Å². The molecule has 0 fully saturated rings. The third-order valence-electron chi connectivity index (χ3n) is 9.67. The second-order valence-corrected chi connectivity index (χ2v) is 15.2. The normalized spacial score (nSPS) is 10.7. The van der Waals surface area contributed by atoms with Crippen LogP contribution in [0.5, 0.6) is 34.5 Å². The Morgan fingerprint density at radius 3 is 0.847 bits per heavy atom. The molecule has 0 saturated heterocycles. The van der Waals surface area contributed by atoms with Crippen LogP contribution in [0.1, 0.15) is 65.6 Å². The Kier molecular flexibility index (Phi) is 18.0. The molecule has 6 aromatic carbocycles. The van der Waals surface area contributed by atoms with Crippen LogP contribution in [-0.4, -0.2) is 36.4 Å². The highest BCUT2D eigenvalue weighted by atomic mass is 16.5. The third kappa shape index (κ3) is 15.5. The summed E-state index contributed by atoms with van der Waals surface area (Å²) in [5.74, 6) is 6.35. The number of aryl methyl sites for hydroxylation is 3. The number of amides is 3. The van der Waals surface area contributed by atoms with E-state index in [4.69, 9.17) is 27.5 Å². The van der Waals surface area contributed by atoms with E-state index in [9.17, 15) is 14.4 Å². The zero-order chi connectivity index (χ0) is 50.3. The Morgan fingerprint density at radius 1 is 0.347 bits per heavy atom. The number of carbonyl (C=O) groups is 3. The van der Waals surface area contributed by atoms with Crippen LogP contribution in [0.25, 0.3) is 0 Å². The molecule has 9 rings (SSSR count). The van der Waals surface area contributed by atoms with Gasteiger partial charge in [0.25, 0.3) is 17.7 Å². The molecule has 15 nitrogen and oxygen atoms in total. The number of carbonyl (C=O) groups excluding carboxylic acids is 3. The summed E-state index contributed by atoms with van der Waals surface area (Å²) in [5.41, 5.74) is 8.61. The minimum absolute atomic E-state index is 0.360. The lowest BCUT2D eigenvalue weighted by Crippen LogP contribution is -2.18. The quantitative estimate of drug-likeness (QED) is 0.0662. The van der Waals surface area contributed by atoms with E-state index in [-0.39, 0.29) is 17.7 Å². The maximum absolute atomic E-state index is 12.3. The fourth-order valence-electron chi connectivity index (χ4n) is 6.29. The Balaban J connectivity index is 0.000000158. The van der Waals surface area contributed by atoms with Crippen molar-refractivity contribution in [1.29, 1.82) is 0 Å². The molecule has 0 unspecified atom stereocenters. The van der Waals surface area contributed by atoms with Gasteiger partial charge in [-0.15, -0.1) is 0 Å². The molecule has 0 spiro atoms. The van der Waals surface area contributed by atoms with E-state index < -0.39 is 0 Å². The van der Waals surface area contributed by atoms with E-state index in [1.165, 1.54) is 18.6 Å². The lowest BCUT2D eigenvalue weighted by molar-refractivity contribution is 0.0944. The highest BCUT2D eigenvalue weighted by Gasteiger charge is 2.15. The lowest BCUT2D eigenvalue weighted by atomic mass is 10.2. The van der Waals surface area contributed by atoms with Gasteiger partial charge < -0.3 is 27.5 Å². The number of hydrazone groups is 3. The molecule has 0 radical (unpaired) electrons. The van der Waals surface area contributed by atoms with Crippen molar-refractivity contribution < 1.29 is 41.8 Å². The highest BCUT2D eigenvalue weighted by Crippen LogP contribution is 2.27. The summed E-state index contributed by atoms with van der Waals surface area (Å²) >= 11 is 0. The zero-order valence-electron chi connectivity index (χ0n) is 39.3.